The Kier molecular flexibility index (Phi) is 4.66. The highest BCUT2D eigenvalue weighted by Gasteiger charge is 2.39. The van der Waals surface area contributed by atoms with E-state index in [1.54, 1.807) is 0 Å². The van der Waals surface area contributed by atoms with Crippen LogP contribution in [0.3, 0.4) is 0 Å². The van der Waals surface area contributed by atoms with Gasteiger partial charge >= 0.3 is 6.03 Å². The smallest absolute Gasteiger partial charge is 0.317 e. The molecule has 0 aromatic rings. The van der Waals surface area contributed by atoms with E-state index >= 15 is 0 Å². The number of hydrogen-bond donors (Lipinski definition) is 2. The molecule has 4 fully saturated rings. The fourth-order valence-electron chi connectivity index (χ4n) is 4.68. The summed E-state index contributed by atoms with van der Waals surface area (Å²) in [7, 11) is 0. The first kappa shape index (κ1) is 16.2. The lowest BCUT2D eigenvalue weighted by molar-refractivity contribution is -0.128. The third-order valence-corrected chi connectivity index (χ3v) is 6.36. The molecule has 0 spiro atoms. The van der Waals surface area contributed by atoms with Crippen LogP contribution in [0, 0.1) is 17.8 Å². The molecule has 4 rings (SSSR count). The van der Waals surface area contributed by atoms with Crippen molar-refractivity contribution in [1.29, 1.82) is 0 Å². The van der Waals surface area contributed by atoms with Gasteiger partial charge in [0.25, 0.3) is 0 Å². The van der Waals surface area contributed by atoms with Crippen molar-refractivity contribution in [2.75, 3.05) is 39.3 Å². The molecule has 4 aliphatic rings. The Hall–Kier alpha value is -1.30. The maximum absolute atomic E-state index is 12.4. The Bertz CT molecular complexity index is 479. The molecule has 0 bridgehead atoms. The molecule has 0 aromatic heterocycles. The molecule has 3 heterocycles. The second-order valence-corrected chi connectivity index (χ2v) is 8.11. The van der Waals surface area contributed by atoms with Crippen LogP contribution in [0.1, 0.15) is 38.5 Å². The highest BCUT2D eigenvalue weighted by molar-refractivity contribution is 5.79. The molecule has 134 valence electrons. The average molecular weight is 334 g/mol. The van der Waals surface area contributed by atoms with Gasteiger partial charge in [0, 0.05) is 44.6 Å². The van der Waals surface area contributed by atoms with E-state index in [4.69, 9.17) is 0 Å². The first-order chi connectivity index (χ1) is 11.7. The van der Waals surface area contributed by atoms with Gasteiger partial charge in [-0.3, -0.25) is 4.79 Å². The summed E-state index contributed by atoms with van der Waals surface area (Å²) in [5.74, 6) is 2.17. The summed E-state index contributed by atoms with van der Waals surface area (Å²) >= 11 is 0. The maximum atomic E-state index is 12.4. The zero-order valence-electron chi connectivity index (χ0n) is 14.5. The van der Waals surface area contributed by atoms with Crippen molar-refractivity contribution in [3.05, 3.63) is 0 Å². The van der Waals surface area contributed by atoms with E-state index in [9.17, 15) is 9.59 Å². The average Bonchev–Trinajstić information content (AvgIpc) is 3.15. The first-order valence-electron chi connectivity index (χ1n) is 9.73. The molecule has 3 saturated heterocycles. The minimum absolute atomic E-state index is 0.0651. The van der Waals surface area contributed by atoms with Gasteiger partial charge in [-0.1, -0.05) is 0 Å². The predicted octanol–water partition coefficient (Wildman–Crippen LogP) is 1.03. The quantitative estimate of drug-likeness (QED) is 0.807. The molecule has 0 radical (unpaired) electrons. The van der Waals surface area contributed by atoms with Crippen LogP contribution in [-0.2, 0) is 4.79 Å². The summed E-state index contributed by atoms with van der Waals surface area (Å²) in [6.07, 6.45) is 6.50. The number of carbonyl (C=O) groups is 2. The lowest BCUT2D eigenvalue weighted by Gasteiger charge is -2.34. The van der Waals surface area contributed by atoms with E-state index in [1.165, 1.54) is 6.42 Å². The van der Waals surface area contributed by atoms with Crippen LogP contribution in [0.4, 0.5) is 4.79 Å². The van der Waals surface area contributed by atoms with E-state index in [1.807, 2.05) is 9.80 Å². The van der Waals surface area contributed by atoms with Gasteiger partial charge in [-0.15, -0.1) is 0 Å². The molecule has 6 nitrogen and oxygen atoms in total. The first-order valence-corrected chi connectivity index (χ1v) is 9.73. The van der Waals surface area contributed by atoms with Gasteiger partial charge in [0.05, 0.1) is 0 Å². The fraction of sp³-hybridized carbons (Fsp3) is 0.889. The number of amides is 3. The molecule has 24 heavy (non-hydrogen) atoms. The number of rotatable bonds is 4. The highest BCUT2D eigenvalue weighted by atomic mass is 16.2. The molecule has 3 amide bonds. The molecular weight excluding hydrogens is 304 g/mol. The van der Waals surface area contributed by atoms with Crippen molar-refractivity contribution in [1.82, 2.24) is 20.4 Å². The second kappa shape index (κ2) is 6.90. The van der Waals surface area contributed by atoms with Crippen LogP contribution in [0.5, 0.6) is 0 Å². The lowest BCUT2D eigenvalue weighted by Crippen LogP contribution is -2.46. The minimum Gasteiger partial charge on any atom is -0.339 e. The number of hydrogen-bond acceptors (Lipinski definition) is 3. The van der Waals surface area contributed by atoms with Crippen LogP contribution in [0.2, 0.25) is 0 Å². The predicted molar refractivity (Wildman–Crippen MR) is 91.5 cm³/mol. The number of nitrogens with one attached hydrogen (secondary N) is 2. The fourth-order valence-corrected chi connectivity index (χ4v) is 4.68. The maximum Gasteiger partial charge on any atom is 0.317 e. The summed E-state index contributed by atoms with van der Waals surface area (Å²) in [6, 6.07) is 0.567. The largest absolute Gasteiger partial charge is 0.339 e. The van der Waals surface area contributed by atoms with Crippen LogP contribution in [-0.4, -0.2) is 67.0 Å². The van der Waals surface area contributed by atoms with Crippen LogP contribution in [0.25, 0.3) is 0 Å². The van der Waals surface area contributed by atoms with E-state index in [0.29, 0.717) is 24.9 Å². The minimum atomic E-state index is 0.0651. The zero-order chi connectivity index (χ0) is 16.5. The molecule has 0 aromatic carbocycles. The molecule has 6 heteroatoms. The third-order valence-electron chi connectivity index (χ3n) is 6.36. The molecular formula is C18H30N4O2. The summed E-state index contributed by atoms with van der Waals surface area (Å²) in [6.45, 7) is 5.55. The SMILES string of the molecule is O=C(NCC1CC(=O)N(C2CC2)C1)N1CCC(C2CCNC2)CC1. The van der Waals surface area contributed by atoms with Crippen molar-refractivity contribution >= 4 is 11.9 Å². The Morgan fingerprint density at radius 2 is 1.92 bits per heavy atom. The van der Waals surface area contributed by atoms with E-state index in [0.717, 1.165) is 70.2 Å². The Labute approximate surface area is 144 Å². The van der Waals surface area contributed by atoms with Crippen molar-refractivity contribution in [2.24, 2.45) is 17.8 Å². The molecule has 2 unspecified atom stereocenters. The van der Waals surface area contributed by atoms with Crippen molar-refractivity contribution in [3.63, 3.8) is 0 Å². The molecule has 2 N–H and O–H groups in total. The molecule has 2 atom stereocenters. The molecule has 1 aliphatic carbocycles. The number of carbonyl (C=O) groups excluding carboxylic acids is 2. The third kappa shape index (κ3) is 3.53. The van der Waals surface area contributed by atoms with E-state index in [2.05, 4.69) is 10.6 Å². The standard InChI is InChI=1S/C18H30N4O2/c23-17-9-13(12-22(17)16-1-2-16)10-20-18(24)21-7-4-14(5-8-21)15-3-6-19-11-15/h13-16,19H,1-12H2,(H,20,24). The van der Waals surface area contributed by atoms with Gasteiger partial charge < -0.3 is 20.4 Å². The Morgan fingerprint density at radius 3 is 2.58 bits per heavy atom. The zero-order valence-corrected chi connectivity index (χ0v) is 14.5. The summed E-state index contributed by atoms with van der Waals surface area (Å²) in [5.41, 5.74) is 0. The number of urea groups is 1. The molecule has 1 saturated carbocycles. The highest BCUT2D eigenvalue weighted by Crippen LogP contribution is 2.32. The van der Waals surface area contributed by atoms with Crippen LogP contribution in [0.15, 0.2) is 0 Å². The van der Waals surface area contributed by atoms with E-state index in [-0.39, 0.29) is 11.9 Å². The summed E-state index contributed by atoms with van der Waals surface area (Å²) < 4.78 is 0. The van der Waals surface area contributed by atoms with Gasteiger partial charge in [0.1, 0.15) is 0 Å². The van der Waals surface area contributed by atoms with E-state index < -0.39 is 0 Å². The van der Waals surface area contributed by atoms with Crippen molar-refractivity contribution in [2.45, 2.75) is 44.6 Å². The van der Waals surface area contributed by atoms with Crippen LogP contribution >= 0.6 is 0 Å². The van der Waals surface area contributed by atoms with Gasteiger partial charge in [-0.05, 0) is 57.0 Å². The Morgan fingerprint density at radius 1 is 1.12 bits per heavy atom. The number of likely N-dealkylation sites (tertiary alicyclic amines) is 2. The molecule has 3 aliphatic heterocycles. The summed E-state index contributed by atoms with van der Waals surface area (Å²) in [5, 5.41) is 6.53. The number of piperidine rings is 1. The lowest BCUT2D eigenvalue weighted by atomic mass is 9.84. The normalized spacial score (nSPS) is 31.8. The van der Waals surface area contributed by atoms with Gasteiger partial charge in [0.2, 0.25) is 5.91 Å². The van der Waals surface area contributed by atoms with Gasteiger partial charge in [0.15, 0.2) is 0 Å². The Balaban J connectivity index is 1.18. The second-order valence-electron chi connectivity index (χ2n) is 8.11. The van der Waals surface area contributed by atoms with Crippen LogP contribution < -0.4 is 10.6 Å². The topological polar surface area (TPSA) is 64.7 Å². The van der Waals surface area contributed by atoms with Gasteiger partial charge in [-0.25, -0.2) is 4.79 Å². The number of nitrogens with zero attached hydrogens (tertiary/aromatic N) is 2. The monoisotopic (exact) mass is 334 g/mol. The van der Waals surface area contributed by atoms with Crippen molar-refractivity contribution in [3.8, 4) is 0 Å². The van der Waals surface area contributed by atoms with Gasteiger partial charge in [-0.2, -0.15) is 0 Å². The van der Waals surface area contributed by atoms with Crippen molar-refractivity contribution < 1.29 is 9.59 Å². The summed E-state index contributed by atoms with van der Waals surface area (Å²) in [4.78, 5) is 28.4.